The van der Waals surface area contributed by atoms with Crippen molar-refractivity contribution in [1.29, 1.82) is 0 Å². The minimum atomic E-state index is -0.912. The van der Waals surface area contributed by atoms with Crippen LogP contribution in [0.25, 0.3) is 0 Å². The zero-order valence-electron chi connectivity index (χ0n) is 10.2. The van der Waals surface area contributed by atoms with E-state index in [2.05, 4.69) is 0 Å². The van der Waals surface area contributed by atoms with Gasteiger partial charge in [0, 0.05) is 18.1 Å². The molecule has 0 bridgehead atoms. The average molecular weight is 272 g/mol. The van der Waals surface area contributed by atoms with E-state index in [0.29, 0.717) is 5.56 Å². The molecular weight excluding hydrogens is 258 g/mol. The number of halogens is 1. The topological polar surface area (TPSA) is 69.4 Å². The lowest BCUT2D eigenvalue weighted by Gasteiger charge is -2.09. The van der Waals surface area contributed by atoms with Crippen molar-refractivity contribution >= 4 is 23.3 Å². The van der Waals surface area contributed by atoms with Crippen LogP contribution in [0.4, 0.5) is 5.69 Å². The van der Waals surface area contributed by atoms with Crippen molar-refractivity contribution in [3.8, 4) is 0 Å². The number of nitro groups is 1. The molecule has 0 amide bonds. The van der Waals surface area contributed by atoms with Crippen molar-refractivity contribution in [2.45, 2.75) is 25.6 Å². The predicted octanol–water partition coefficient (Wildman–Crippen LogP) is 2.62. The number of alkyl halides is 1. The first-order chi connectivity index (χ1) is 8.45. The van der Waals surface area contributed by atoms with Gasteiger partial charge in [-0.1, -0.05) is 11.6 Å². The molecule has 0 aliphatic carbocycles. The maximum absolute atomic E-state index is 11.4. The molecule has 18 heavy (non-hydrogen) atoms. The Morgan fingerprint density at radius 2 is 2.22 bits per heavy atom. The van der Waals surface area contributed by atoms with Crippen LogP contribution in [0.3, 0.4) is 0 Å². The van der Waals surface area contributed by atoms with E-state index in [9.17, 15) is 14.9 Å². The number of aryl methyl sites for hydroxylation is 1. The van der Waals surface area contributed by atoms with Gasteiger partial charge in [0.25, 0.3) is 5.69 Å². The summed E-state index contributed by atoms with van der Waals surface area (Å²) in [6.45, 7) is 3.73. The van der Waals surface area contributed by atoms with Crippen molar-refractivity contribution < 1.29 is 14.5 Å². The van der Waals surface area contributed by atoms with Crippen LogP contribution in [0.5, 0.6) is 0 Å². The van der Waals surface area contributed by atoms with E-state index < -0.39 is 16.3 Å². The molecular formula is C12H14ClNO4. The maximum atomic E-state index is 11.4. The summed E-state index contributed by atoms with van der Waals surface area (Å²) in [5.74, 6) is -0.560. The number of carbonyl (C=O) groups is 1. The first-order valence-corrected chi connectivity index (χ1v) is 5.94. The van der Waals surface area contributed by atoms with E-state index in [-0.39, 0.29) is 18.7 Å². The van der Waals surface area contributed by atoms with E-state index in [1.165, 1.54) is 6.07 Å². The molecule has 0 fully saturated rings. The van der Waals surface area contributed by atoms with E-state index in [0.717, 1.165) is 5.56 Å². The minimum Gasteiger partial charge on any atom is -0.465 e. The third kappa shape index (κ3) is 3.70. The highest BCUT2D eigenvalue weighted by atomic mass is 35.5. The molecule has 6 heteroatoms. The quantitative estimate of drug-likeness (QED) is 0.357. The highest BCUT2D eigenvalue weighted by Gasteiger charge is 2.22. The number of hydrogen-bond donors (Lipinski definition) is 0. The fourth-order valence-electron chi connectivity index (χ4n) is 1.56. The van der Waals surface area contributed by atoms with E-state index >= 15 is 0 Å². The third-order valence-corrected chi connectivity index (χ3v) is 2.71. The number of ether oxygens (including phenoxy) is 1. The van der Waals surface area contributed by atoms with Crippen LogP contribution in [0.2, 0.25) is 0 Å². The second kappa shape index (κ2) is 6.35. The van der Waals surface area contributed by atoms with Gasteiger partial charge >= 0.3 is 5.97 Å². The molecule has 1 aromatic carbocycles. The molecule has 1 atom stereocenters. The number of benzene rings is 1. The first kappa shape index (κ1) is 14.4. The number of esters is 1. The largest absolute Gasteiger partial charge is 0.465 e. The van der Waals surface area contributed by atoms with Gasteiger partial charge < -0.3 is 4.74 Å². The Kier molecular flexibility index (Phi) is 5.09. The average Bonchev–Trinajstić information content (AvgIpc) is 2.28. The van der Waals surface area contributed by atoms with Crippen molar-refractivity contribution in [3.05, 3.63) is 39.4 Å². The molecule has 0 spiro atoms. The normalized spacial score (nSPS) is 11.9. The Morgan fingerprint density at radius 1 is 1.56 bits per heavy atom. The first-order valence-electron chi connectivity index (χ1n) is 5.50. The number of nitro benzene ring substituents is 1. The standard InChI is InChI=1S/C12H14ClNO4/c1-3-18-12(15)10(13)7-9-6-8(2)4-5-11(9)14(16)17/h4-6,10H,3,7H2,1-2H3. The van der Waals surface area contributed by atoms with Gasteiger partial charge in [-0.15, -0.1) is 11.6 Å². The van der Waals surface area contributed by atoms with Gasteiger partial charge in [-0.3, -0.25) is 14.9 Å². The minimum absolute atomic E-state index is 0.0319. The second-order valence-electron chi connectivity index (χ2n) is 3.81. The van der Waals surface area contributed by atoms with Crippen molar-refractivity contribution in [1.82, 2.24) is 0 Å². The SMILES string of the molecule is CCOC(=O)C(Cl)Cc1cc(C)ccc1[N+](=O)[O-]. The Hall–Kier alpha value is -1.62. The lowest BCUT2D eigenvalue weighted by Crippen LogP contribution is -2.20. The molecule has 0 saturated carbocycles. The van der Waals surface area contributed by atoms with Crippen LogP contribution in [0.15, 0.2) is 18.2 Å². The maximum Gasteiger partial charge on any atom is 0.324 e. The summed E-state index contributed by atoms with van der Waals surface area (Å²) in [5.41, 5.74) is 1.28. The van der Waals surface area contributed by atoms with Gasteiger partial charge in [0.05, 0.1) is 11.5 Å². The van der Waals surface area contributed by atoms with Crippen LogP contribution in [0.1, 0.15) is 18.1 Å². The third-order valence-electron chi connectivity index (χ3n) is 2.37. The number of rotatable bonds is 5. The highest BCUT2D eigenvalue weighted by molar-refractivity contribution is 6.30. The number of carbonyl (C=O) groups excluding carboxylic acids is 1. The van der Waals surface area contributed by atoms with Gasteiger partial charge in [0.2, 0.25) is 0 Å². The van der Waals surface area contributed by atoms with Crippen LogP contribution in [0, 0.1) is 17.0 Å². The van der Waals surface area contributed by atoms with Crippen molar-refractivity contribution in [2.75, 3.05) is 6.61 Å². The molecule has 0 radical (unpaired) electrons. The lowest BCUT2D eigenvalue weighted by molar-refractivity contribution is -0.385. The Bertz CT molecular complexity index is 461. The van der Waals surface area contributed by atoms with E-state index in [4.69, 9.17) is 16.3 Å². The van der Waals surface area contributed by atoms with Gasteiger partial charge in [0.15, 0.2) is 0 Å². The second-order valence-corrected chi connectivity index (χ2v) is 4.34. The zero-order valence-corrected chi connectivity index (χ0v) is 10.9. The van der Waals surface area contributed by atoms with Gasteiger partial charge in [0.1, 0.15) is 5.38 Å². The number of hydrogen-bond acceptors (Lipinski definition) is 4. The van der Waals surface area contributed by atoms with Gasteiger partial charge in [-0.25, -0.2) is 0 Å². The van der Waals surface area contributed by atoms with Gasteiger partial charge in [-0.05, 0) is 19.9 Å². The molecule has 1 unspecified atom stereocenters. The van der Waals surface area contributed by atoms with E-state index in [1.54, 1.807) is 19.1 Å². The monoisotopic (exact) mass is 271 g/mol. The molecule has 0 heterocycles. The molecule has 0 aromatic heterocycles. The van der Waals surface area contributed by atoms with Crippen LogP contribution >= 0.6 is 11.6 Å². The van der Waals surface area contributed by atoms with E-state index in [1.807, 2.05) is 6.92 Å². The summed E-state index contributed by atoms with van der Waals surface area (Å²) in [4.78, 5) is 21.8. The summed E-state index contributed by atoms with van der Waals surface area (Å²) in [7, 11) is 0. The Morgan fingerprint density at radius 3 is 2.78 bits per heavy atom. The molecule has 0 aliphatic rings. The van der Waals surface area contributed by atoms with Crippen LogP contribution < -0.4 is 0 Å². The molecule has 5 nitrogen and oxygen atoms in total. The van der Waals surface area contributed by atoms with Crippen molar-refractivity contribution in [2.24, 2.45) is 0 Å². The molecule has 0 N–H and O–H groups in total. The number of nitrogens with zero attached hydrogens (tertiary/aromatic N) is 1. The van der Waals surface area contributed by atoms with Crippen LogP contribution in [-0.2, 0) is 16.0 Å². The smallest absolute Gasteiger partial charge is 0.324 e. The highest BCUT2D eigenvalue weighted by Crippen LogP contribution is 2.23. The summed E-state index contributed by atoms with van der Waals surface area (Å²) in [5, 5.41) is 9.94. The molecule has 98 valence electrons. The molecule has 0 saturated heterocycles. The lowest BCUT2D eigenvalue weighted by atomic mass is 10.0. The summed E-state index contributed by atoms with van der Waals surface area (Å²) >= 11 is 5.88. The van der Waals surface area contributed by atoms with Gasteiger partial charge in [-0.2, -0.15) is 0 Å². The fourth-order valence-corrected chi connectivity index (χ4v) is 1.79. The Balaban J connectivity index is 2.92. The molecule has 1 rings (SSSR count). The van der Waals surface area contributed by atoms with Crippen molar-refractivity contribution in [3.63, 3.8) is 0 Å². The fraction of sp³-hybridized carbons (Fsp3) is 0.417. The zero-order chi connectivity index (χ0) is 13.7. The molecule has 1 aromatic rings. The van der Waals surface area contributed by atoms with Crippen LogP contribution in [-0.4, -0.2) is 22.9 Å². The Labute approximate surface area is 110 Å². The summed E-state index contributed by atoms with van der Waals surface area (Å²) < 4.78 is 4.77. The predicted molar refractivity (Wildman–Crippen MR) is 67.8 cm³/mol. The summed E-state index contributed by atoms with van der Waals surface area (Å²) in [6.07, 6.45) is 0.0817. The molecule has 0 aliphatic heterocycles. The summed E-state index contributed by atoms with van der Waals surface area (Å²) in [6, 6.07) is 4.72.